The normalized spacial score (nSPS) is 20.9. The molecule has 2 aliphatic rings. The van der Waals surface area contributed by atoms with E-state index in [9.17, 15) is 14.7 Å². The predicted molar refractivity (Wildman–Crippen MR) is 112 cm³/mol. The quantitative estimate of drug-likeness (QED) is 0.784. The van der Waals surface area contributed by atoms with Gasteiger partial charge in [0.2, 0.25) is 5.43 Å². The zero-order valence-electron chi connectivity index (χ0n) is 16.2. The molecule has 1 atom stereocenters. The number of nitrogens with zero attached hydrogens (tertiary/aromatic N) is 2. The second kappa shape index (κ2) is 7.95. The lowest BCUT2D eigenvalue weighted by Gasteiger charge is -2.28. The van der Waals surface area contributed by atoms with Crippen LogP contribution in [-0.2, 0) is 0 Å². The van der Waals surface area contributed by atoms with Gasteiger partial charge < -0.3 is 20.3 Å². The zero-order valence-corrected chi connectivity index (χ0v) is 16.9. The Morgan fingerprint density at radius 3 is 2.59 bits per heavy atom. The van der Waals surface area contributed by atoms with Gasteiger partial charge in [-0.1, -0.05) is 30.9 Å². The van der Waals surface area contributed by atoms with Gasteiger partial charge in [0.15, 0.2) is 0 Å². The number of halogens is 2. The summed E-state index contributed by atoms with van der Waals surface area (Å²) in [5.74, 6) is -1.93. The molecule has 0 amide bonds. The van der Waals surface area contributed by atoms with Crippen LogP contribution in [0.1, 0.15) is 61.3 Å². The first-order valence-electron chi connectivity index (χ1n) is 10.2. The Balaban J connectivity index is 1.98. The number of carboxylic acid groups (broad SMARTS) is 1. The minimum atomic E-state index is -1.32. The number of fused-ring (bicyclic) bond motifs is 1. The second-order valence-corrected chi connectivity index (χ2v) is 8.52. The number of hydrogen-bond donors (Lipinski definition) is 2. The maximum absolute atomic E-state index is 15.2. The molecule has 2 fully saturated rings. The molecule has 0 spiro atoms. The molecule has 4 rings (SSSR count). The standard InChI is InChI=1S/C21H25ClFN3O3/c22-17-18-14(9-16(23)19(17)25-8-4-3-5-12(24)10-25)20(27)15(21(28)29)11-26(18)13-6-1-2-7-13/h9,11-13H,1-8,10,24H2,(H,28,29). The van der Waals surface area contributed by atoms with E-state index in [1.54, 1.807) is 4.57 Å². The van der Waals surface area contributed by atoms with Crippen LogP contribution in [0.2, 0.25) is 5.02 Å². The molecule has 1 aromatic heterocycles. The van der Waals surface area contributed by atoms with Crippen LogP contribution in [0.5, 0.6) is 0 Å². The van der Waals surface area contributed by atoms with E-state index in [1.165, 1.54) is 6.20 Å². The molecule has 6 nitrogen and oxygen atoms in total. The van der Waals surface area contributed by atoms with Crippen LogP contribution in [0.15, 0.2) is 17.1 Å². The van der Waals surface area contributed by atoms with Crippen LogP contribution < -0.4 is 16.1 Å². The lowest BCUT2D eigenvalue weighted by atomic mass is 10.1. The molecule has 1 aliphatic heterocycles. The van der Waals surface area contributed by atoms with Crippen molar-refractivity contribution in [3.63, 3.8) is 0 Å². The summed E-state index contributed by atoms with van der Waals surface area (Å²) < 4.78 is 17.0. The number of benzene rings is 1. The fourth-order valence-electron chi connectivity index (χ4n) is 4.72. The number of nitrogens with two attached hydrogens (primary N) is 1. The van der Waals surface area contributed by atoms with Crippen molar-refractivity contribution in [2.75, 3.05) is 18.0 Å². The molecular formula is C21H25ClFN3O3. The molecule has 3 N–H and O–H groups in total. The zero-order chi connectivity index (χ0) is 20.7. The Bertz CT molecular complexity index is 1020. The van der Waals surface area contributed by atoms with E-state index in [2.05, 4.69) is 0 Å². The Morgan fingerprint density at radius 2 is 1.90 bits per heavy atom. The SMILES string of the molecule is NC1CCCCN(c2c(F)cc3c(=O)c(C(=O)O)cn(C4CCCC4)c3c2Cl)C1. The van der Waals surface area contributed by atoms with Gasteiger partial charge in [-0.05, 0) is 31.7 Å². The molecule has 1 aromatic carbocycles. The van der Waals surface area contributed by atoms with Crippen LogP contribution in [0.4, 0.5) is 10.1 Å². The van der Waals surface area contributed by atoms with Crippen molar-refractivity contribution in [1.82, 2.24) is 4.57 Å². The number of aromatic carboxylic acids is 1. The smallest absolute Gasteiger partial charge is 0.341 e. The van der Waals surface area contributed by atoms with Gasteiger partial charge in [0.05, 0.1) is 21.6 Å². The van der Waals surface area contributed by atoms with Crippen molar-refractivity contribution in [2.45, 2.75) is 57.0 Å². The molecule has 29 heavy (non-hydrogen) atoms. The topological polar surface area (TPSA) is 88.6 Å². The average molecular weight is 422 g/mol. The van der Waals surface area contributed by atoms with E-state index in [0.29, 0.717) is 18.6 Å². The number of aromatic nitrogens is 1. The number of rotatable bonds is 3. The van der Waals surface area contributed by atoms with Gasteiger partial charge in [-0.25, -0.2) is 9.18 Å². The van der Waals surface area contributed by atoms with Crippen LogP contribution in [0.3, 0.4) is 0 Å². The molecule has 2 aromatic rings. The summed E-state index contributed by atoms with van der Waals surface area (Å²) in [6, 6.07) is 1.11. The van der Waals surface area contributed by atoms with Gasteiger partial charge in [-0.3, -0.25) is 4.79 Å². The van der Waals surface area contributed by atoms with Gasteiger partial charge in [-0.15, -0.1) is 0 Å². The number of carbonyl (C=O) groups is 1. The Kier molecular flexibility index (Phi) is 5.53. The summed E-state index contributed by atoms with van der Waals surface area (Å²) in [5, 5.41) is 9.67. The molecule has 1 saturated carbocycles. The maximum atomic E-state index is 15.2. The van der Waals surface area contributed by atoms with Crippen molar-refractivity contribution >= 4 is 34.2 Å². The summed E-state index contributed by atoms with van der Waals surface area (Å²) in [4.78, 5) is 26.3. The van der Waals surface area contributed by atoms with E-state index in [-0.39, 0.29) is 33.7 Å². The third-order valence-corrected chi connectivity index (χ3v) is 6.51. The van der Waals surface area contributed by atoms with Crippen molar-refractivity contribution < 1.29 is 14.3 Å². The van der Waals surface area contributed by atoms with Crippen molar-refractivity contribution in [2.24, 2.45) is 5.73 Å². The lowest BCUT2D eigenvalue weighted by Crippen LogP contribution is -2.36. The minimum Gasteiger partial charge on any atom is -0.477 e. The number of pyridine rings is 1. The maximum Gasteiger partial charge on any atom is 0.341 e. The van der Waals surface area contributed by atoms with E-state index in [4.69, 9.17) is 17.3 Å². The average Bonchev–Trinajstić information content (AvgIpc) is 3.11. The summed E-state index contributed by atoms with van der Waals surface area (Å²) >= 11 is 6.74. The first-order chi connectivity index (χ1) is 13.9. The highest BCUT2D eigenvalue weighted by Gasteiger charge is 2.28. The van der Waals surface area contributed by atoms with Gasteiger partial charge >= 0.3 is 5.97 Å². The molecule has 2 heterocycles. The van der Waals surface area contributed by atoms with Crippen LogP contribution in [0, 0.1) is 5.82 Å². The molecule has 1 saturated heterocycles. The third-order valence-electron chi connectivity index (χ3n) is 6.16. The summed E-state index contributed by atoms with van der Waals surface area (Å²) in [6.45, 7) is 1.12. The van der Waals surface area contributed by atoms with Crippen molar-refractivity contribution in [3.8, 4) is 0 Å². The third kappa shape index (κ3) is 3.62. The predicted octanol–water partition coefficient (Wildman–Crippen LogP) is 3.92. The number of anilines is 1. The summed E-state index contributed by atoms with van der Waals surface area (Å²) in [7, 11) is 0. The molecule has 0 radical (unpaired) electrons. The highest BCUT2D eigenvalue weighted by Crippen LogP contribution is 2.40. The monoisotopic (exact) mass is 421 g/mol. The Morgan fingerprint density at radius 1 is 1.21 bits per heavy atom. The van der Waals surface area contributed by atoms with E-state index in [0.717, 1.165) is 51.0 Å². The van der Waals surface area contributed by atoms with E-state index < -0.39 is 17.2 Å². The number of hydrogen-bond acceptors (Lipinski definition) is 4. The van der Waals surface area contributed by atoms with Crippen molar-refractivity contribution in [1.29, 1.82) is 0 Å². The first kappa shape index (κ1) is 20.2. The van der Waals surface area contributed by atoms with Crippen LogP contribution >= 0.6 is 11.6 Å². The number of carboxylic acids is 1. The van der Waals surface area contributed by atoms with Gasteiger partial charge in [0.1, 0.15) is 11.4 Å². The first-order valence-corrected chi connectivity index (χ1v) is 10.6. The van der Waals surface area contributed by atoms with Crippen LogP contribution in [-0.4, -0.2) is 34.8 Å². The highest BCUT2D eigenvalue weighted by atomic mass is 35.5. The van der Waals surface area contributed by atoms with Crippen molar-refractivity contribution in [3.05, 3.63) is 38.9 Å². The summed E-state index contributed by atoms with van der Waals surface area (Å²) in [5.41, 5.74) is 5.77. The fourth-order valence-corrected chi connectivity index (χ4v) is 5.13. The largest absolute Gasteiger partial charge is 0.477 e. The van der Waals surface area contributed by atoms with Crippen LogP contribution in [0.25, 0.3) is 10.9 Å². The van der Waals surface area contributed by atoms with Gasteiger partial charge in [-0.2, -0.15) is 0 Å². The summed E-state index contributed by atoms with van der Waals surface area (Å²) in [6.07, 6.45) is 7.89. The fraction of sp³-hybridized carbons (Fsp3) is 0.524. The second-order valence-electron chi connectivity index (χ2n) is 8.14. The molecule has 8 heteroatoms. The van der Waals surface area contributed by atoms with Gasteiger partial charge in [0.25, 0.3) is 0 Å². The lowest BCUT2D eigenvalue weighted by molar-refractivity contribution is 0.0694. The molecule has 0 bridgehead atoms. The molecule has 156 valence electrons. The van der Waals surface area contributed by atoms with E-state index in [1.807, 2.05) is 4.90 Å². The molecule has 1 unspecified atom stereocenters. The van der Waals surface area contributed by atoms with Gasteiger partial charge in [0, 0.05) is 31.4 Å². The Hall–Kier alpha value is -2.12. The molecular weight excluding hydrogens is 397 g/mol. The molecule has 1 aliphatic carbocycles. The Labute approximate surface area is 173 Å². The highest BCUT2D eigenvalue weighted by molar-refractivity contribution is 6.38. The van der Waals surface area contributed by atoms with E-state index >= 15 is 4.39 Å². The minimum absolute atomic E-state index is 0.0159.